The Hall–Kier alpha value is -0.910. The molecule has 0 saturated heterocycles. The fraction of sp³-hybridized carbons (Fsp3) is 0.750. The number of rotatable bonds is 2. The van der Waals surface area contributed by atoms with E-state index in [2.05, 4.69) is 0 Å². The maximum absolute atomic E-state index is 12.7. The fourth-order valence-corrected chi connectivity index (χ4v) is 1.22. The number of hydrogen-bond acceptors (Lipinski definition) is 3. The van der Waals surface area contributed by atoms with Crippen LogP contribution in [0.4, 0.5) is 30.7 Å². The van der Waals surface area contributed by atoms with Crippen molar-refractivity contribution < 1.29 is 48.5 Å². The highest BCUT2D eigenvalue weighted by atomic mass is 32.2. The zero-order chi connectivity index (χ0) is 13.6. The lowest BCUT2D eigenvalue weighted by Crippen LogP contribution is -2.58. The molecular formula is C4HF7O4S. The molecule has 0 radical (unpaired) electrons. The Bertz CT molecular complexity index is 392. The Morgan fingerprint density at radius 1 is 0.938 bits per heavy atom. The van der Waals surface area contributed by atoms with Gasteiger partial charge >= 0.3 is 33.3 Å². The van der Waals surface area contributed by atoms with Gasteiger partial charge in [0, 0.05) is 0 Å². The maximum Gasteiger partial charge on any atom is 0.455 e. The molecule has 0 bridgehead atoms. The summed E-state index contributed by atoms with van der Waals surface area (Å²) in [4.78, 5) is 10.0. The Morgan fingerprint density at radius 3 is 1.31 bits per heavy atom. The second-order valence-corrected chi connectivity index (χ2v) is 3.91. The number of hydrogen-bond donors (Lipinski definition) is 1. The van der Waals surface area contributed by atoms with E-state index in [0.29, 0.717) is 0 Å². The first kappa shape index (κ1) is 15.1. The van der Waals surface area contributed by atoms with E-state index in [1.165, 1.54) is 0 Å². The largest absolute Gasteiger partial charge is 0.455 e. The Morgan fingerprint density at radius 2 is 1.25 bits per heavy atom. The van der Waals surface area contributed by atoms with Crippen LogP contribution in [0.25, 0.3) is 0 Å². The molecule has 16 heavy (non-hydrogen) atoms. The van der Waals surface area contributed by atoms with Crippen molar-refractivity contribution in [1.82, 2.24) is 0 Å². The summed E-state index contributed by atoms with van der Waals surface area (Å²) in [7, 11) is -6.97. The third kappa shape index (κ3) is 2.26. The van der Waals surface area contributed by atoms with Crippen molar-refractivity contribution >= 4 is 15.9 Å². The lowest BCUT2D eigenvalue weighted by Gasteiger charge is -2.23. The van der Waals surface area contributed by atoms with Crippen molar-refractivity contribution in [3.8, 4) is 0 Å². The van der Waals surface area contributed by atoms with Crippen molar-refractivity contribution in [2.45, 2.75) is 17.4 Å². The Kier molecular flexibility index (Phi) is 3.35. The summed E-state index contributed by atoms with van der Waals surface area (Å²) < 4.78 is 110. The number of carbonyl (C=O) groups is 1. The SMILES string of the molecule is O=C(C(F)(F)F)C(F)(C(F)(F)F)S(=O)(=O)O. The highest BCUT2D eigenvalue weighted by Gasteiger charge is 2.76. The average molecular weight is 278 g/mol. The van der Waals surface area contributed by atoms with E-state index in [-0.39, 0.29) is 0 Å². The molecule has 12 heteroatoms. The van der Waals surface area contributed by atoms with Crippen LogP contribution >= 0.6 is 0 Å². The molecule has 0 aromatic rings. The van der Waals surface area contributed by atoms with Gasteiger partial charge in [0.25, 0.3) is 0 Å². The van der Waals surface area contributed by atoms with E-state index in [1.807, 2.05) is 0 Å². The van der Waals surface area contributed by atoms with Crippen LogP contribution in [-0.2, 0) is 14.9 Å². The minimum Gasteiger partial charge on any atom is -0.284 e. The van der Waals surface area contributed by atoms with Crippen LogP contribution in [0.5, 0.6) is 0 Å². The van der Waals surface area contributed by atoms with Crippen molar-refractivity contribution in [1.29, 1.82) is 0 Å². The average Bonchev–Trinajstić information content (AvgIpc) is 1.95. The monoisotopic (exact) mass is 278 g/mol. The summed E-state index contributed by atoms with van der Waals surface area (Å²) >= 11 is 0. The van der Waals surface area contributed by atoms with Crippen LogP contribution in [-0.4, -0.2) is 36.1 Å². The van der Waals surface area contributed by atoms with Crippen LogP contribution < -0.4 is 0 Å². The van der Waals surface area contributed by atoms with E-state index in [1.54, 1.807) is 0 Å². The van der Waals surface area contributed by atoms with Crippen molar-refractivity contribution in [3.05, 3.63) is 0 Å². The van der Waals surface area contributed by atoms with Crippen LogP contribution in [0.1, 0.15) is 0 Å². The highest BCUT2D eigenvalue weighted by molar-refractivity contribution is 7.88. The minimum atomic E-state index is -6.97. The molecule has 4 nitrogen and oxygen atoms in total. The maximum atomic E-state index is 12.7. The standard InChI is InChI=1S/C4HF7O4S/c5-2(4(9,10)11,16(13,14)15)1(12)3(6,7)8/h(H,13,14,15). The number of carbonyl (C=O) groups excluding carboxylic acids is 1. The lowest BCUT2D eigenvalue weighted by molar-refractivity contribution is -0.225. The van der Waals surface area contributed by atoms with E-state index >= 15 is 0 Å². The molecular weight excluding hydrogens is 277 g/mol. The number of halogens is 7. The molecule has 1 atom stereocenters. The molecule has 0 spiro atoms. The van der Waals surface area contributed by atoms with Crippen LogP contribution in [0, 0.1) is 0 Å². The molecule has 0 aliphatic rings. The van der Waals surface area contributed by atoms with E-state index in [0.717, 1.165) is 0 Å². The molecule has 96 valence electrons. The molecule has 0 aliphatic carbocycles. The summed E-state index contributed by atoms with van der Waals surface area (Å²) in [6.07, 6.45) is -13.2. The summed E-state index contributed by atoms with van der Waals surface area (Å²) in [6.45, 7) is 0. The quantitative estimate of drug-likeness (QED) is 0.609. The van der Waals surface area contributed by atoms with Crippen molar-refractivity contribution in [2.24, 2.45) is 0 Å². The molecule has 0 rings (SSSR count). The molecule has 0 aromatic carbocycles. The van der Waals surface area contributed by atoms with Gasteiger partial charge in [0.05, 0.1) is 0 Å². The van der Waals surface area contributed by atoms with Crippen LogP contribution in [0.15, 0.2) is 0 Å². The Balaban J connectivity index is 5.95. The van der Waals surface area contributed by atoms with E-state index in [4.69, 9.17) is 4.55 Å². The predicted molar refractivity (Wildman–Crippen MR) is 32.5 cm³/mol. The summed E-state index contributed by atoms with van der Waals surface area (Å²) in [5, 5.41) is -6.42. The van der Waals surface area contributed by atoms with Gasteiger partial charge in [-0.1, -0.05) is 0 Å². The highest BCUT2D eigenvalue weighted by Crippen LogP contribution is 2.42. The zero-order valence-electron chi connectivity index (χ0n) is 6.73. The smallest absolute Gasteiger partial charge is 0.284 e. The molecule has 0 fully saturated rings. The second kappa shape index (κ2) is 3.55. The van der Waals surface area contributed by atoms with Crippen molar-refractivity contribution in [2.75, 3.05) is 0 Å². The molecule has 0 amide bonds. The third-order valence-electron chi connectivity index (χ3n) is 1.27. The molecule has 0 saturated carbocycles. The lowest BCUT2D eigenvalue weighted by atomic mass is 10.2. The van der Waals surface area contributed by atoms with Gasteiger partial charge in [-0.15, -0.1) is 0 Å². The van der Waals surface area contributed by atoms with Gasteiger partial charge in [-0.25, -0.2) is 4.39 Å². The van der Waals surface area contributed by atoms with Crippen LogP contribution in [0.2, 0.25) is 0 Å². The van der Waals surface area contributed by atoms with Gasteiger partial charge < -0.3 is 0 Å². The minimum absolute atomic E-state index is 4.27. The van der Waals surface area contributed by atoms with Crippen molar-refractivity contribution in [3.63, 3.8) is 0 Å². The van der Waals surface area contributed by atoms with Gasteiger partial charge in [-0.2, -0.15) is 34.8 Å². The first-order chi connectivity index (χ1) is 6.65. The fourth-order valence-electron chi connectivity index (χ4n) is 0.574. The topological polar surface area (TPSA) is 71.4 Å². The third-order valence-corrected chi connectivity index (χ3v) is 2.40. The first-order valence-electron chi connectivity index (χ1n) is 3.00. The van der Waals surface area contributed by atoms with E-state index in [9.17, 15) is 43.9 Å². The van der Waals surface area contributed by atoms with Crippen LogP contribution in [0.3, 0.4) is 0 Å². The molecule has 1 unspecified atom stereocenters. The van der Waals surface area contributed by atoms with E-state index < -0.39 is 33.3 Å². The van der Waals surface area contributed by atoms with Gasteiger partial charge in [-0.05, 0) is 0 Å². The van der Waals surface area contributed by atoms with Gasteiger partial charge in [-0.3, -0.25) is 9.35 Å². The first-order valence-corrected chi connectivity index (χ1v) is 4.44. The summed E-state index contributed by atoms with van der Waals surface area (Å²) in [5.41, 5.74) is 0. The number of alkyl halides is 7. The summed E-state index contributed by atoms with van der Waals surface area (Å²) in [6, 6.07) is 0. The van der Waals surface area contributed by atoms with Gasteiger partial charge in [0.2, 0.25) is 0 Å². The van der Waals surface area contributed by atoms with Gasteiger partial charge in [0.15, 0.2) is 0 Å². The molecule has 0 aromatic heterocycles. The predicted octanol–water partition coefficient (Wildman–Crippen LogP) is 1.23. The molecule has 0 aliphatic heterocycles. The van der Waals surface area contributed by atoms with Gasteiger partial charge in [0.1, 0.15) is 0 Å². The number of Topliss-reactive ketones (excluding diaryl/α,β-unsaturated/α-hetero) is 1. The second-order valence-electron chi connectivity index (χ2n) is 2.39. The number of ketones is 1. The Labute approximate surface area is 82.8 Å². The summed E-state index contributed by atoms with van der Waals surface area (Å²) in [5.74, 6) is -4.27. The molecule has 1 N–H and O–H groups in total. The zero-order valence-corrected chi connectivity index (χ0v) is 7.54. The molecule has 0 heterocycles. The normalized spacial score (nSPS) is 18.0.